The summed E-state index contributed by atoms with van der Waals surface area (Å²) in [5, 5.41) is 0.618. The Morgan fingerprint density at radius 2 is 1.84 bits per heavy atom. The van der Waals surface area contributed by atoms with Gasteiger partial charge in [0.2, 0.25) is 0 Å². The van der Waals surface area contributed by atoms with Crippen molar-refractivity contribution < 1.29 is 0 Å². The Hall–Kier alpha value is -1.41. The number of aromatic nitrogens is 2. The number of halogens is 1. The molecule has 0 N–H and O–H groups in total. The van der Waals surface area contributed by atoms with Crippen LogP contribution in [0.1, 0.15) is 42.4 Å². The number of nitrogens with zero attached hydrogens (tertiary/aromatic N) is 2. The second-order valence-electron chi connectivity index (χ2n) is 5.20. The van der Waals surface area contributed by atoms with Gasteiger partial charge in [0.05, 0.1) is 5.41 Å². The van der Waals surface area contributed by atoms with Crippen molar-refractivity contribution in [2.45, 2.75) is 38.5 Å². The van der Waals surface area contributed by atoms with Crippen molar-refractivity contribution in [3.63, 3.8) is 0 Å². The zero-order chi connectivity index (χ0) is 13.5. The van der Waals surface area contributed by atoms with Gasteiger partial charge in [-0.05, 0) is 31.7 Å². The summed E-state index contributed by atoms with van der Waals surface area (Å²) >= 11 is 6.30. The minimum absolute atomic E-state index is 0.00192. The first-order chi connectivity index (χ1) is 9.17. The van der Waals surface area contributed by atoms with E-state index in [0.29, 0.717) is 5.15 Å². The van der Waals surface area contributed by atoms with Crippen molar-refractivity contribution in [2.24, 2.45) is 0 Å². The van der Waals surface area contributed by atoms with E-state index in [4.69, 9.17) is 16.6 Å². The number of rotatable bonds is 3. The molecule has 0 bridgehead atoms. The van der Waals surface area contributed by atoms with Gasteiger partial charge in [-0.15, -0.1) is 0 Å². The van der Waals surface area contributed by atoms with Gasteiger partial charge in [-0.1, -0.05) is 48.9 Å². The molecule has 0 radical (unpaired) electrons. The number of hydrogen-bond donors (Lipinski definition) is 0. The predicted molar refractivity (Wildman–Crippen MR) is 77.6 cm³/mol. The second-order valence-corrected chi connectivity index (χ2v) is 5.56. The molecule has 0 atom stereocenters. The van der Waals surface area contributed by atoms with Crippen molar-refractivity contribution in [3.8, 4) is 0 Å². The predicted octanol–water partition coefficient (Wildman–Crippen LogP) is 4.08. The minimum Gasteiger partial charge on any atom is -0.237 e. The van der Waals surface area contributed by atoms with Crippen molar-refractivity contribution in [2.75, 3.05) is 0 Å². The molecule has 2 aromatic rings. The van der Waals surface area contributed by atoms with Crippen LogP contribution in [-0.4, -0.2) is 9.97 Å². The fraction of sp³-hybridized carbons (Fsp3) is 0.375. The van der Waals surface area contributed by atoms with E-state index in [1.807, 2.05) is 13.0 Å². The first-order valence-corrected chi connectivity index (χ1v) is 7.14. The molecule has 1 heterocycles. The van der Waals surface area contributed by atoms with Crippen LogP contribution < -0.4 is 0 Å². The lowest BCUT2D eigenvalue weighted by molar-refractivity contribution is 0.740. The van der Waals surface area contributed by atoms with Gasteiger partial charge < -0.3 is 0 Å². The van der Waals surface area contributed by atoms with Crippen LogP contribution in [0.4, 0.5) is 0 Å². The van der Waals surface area contributed by atoms with Gasteiger partial charge in [0.25, 0.3) is 0 Å². The van der Waals surface area contributed by atoms with Crippen LogP contribution in [0.3, 0.4) is 0 Å². The van der Waals surface area contributed by atoms with Gasteiger partial charge in [0.15, 0.2) is 0 Å². The van der Waals surface area contributed by atoms with Crippen LogP contribution in [0.2, 0.25) is 5.15 Å². The zero-order valence-electron chi connectivity index (χ0n) is 11.3. The van der Waals surface area contributed by atoms with Crippen LogP contribution >= 0.6 is 11.6 Å². The van der Waals surface area contributed by atoms with Crippen molar-refractivity contribution >= 4 is 11.6 Å². The normalized spacial score (nSPS) is 16.4. The number of hydrogen-bond acceptors (Lipinski definition) is 2. The Kier molecular flexibility index (Phi) is 3.06. The van der Waals surface area contributed by atoms with Gasteiger partial charge >= 0.3 is 0 Å². The molecule has 0 unspecified atom stereocenters. The van der Waals surface area contributed by atoms with Crippen molar-refractivity contribution in [3.05, 3.63) is 58.1 Å². The summed E-state index contributed by atoms with van der Waals surface area (Å²) in [5.74, 6) is 0.887. The third-order valence-electron chi connectivity index (χ3n) is 4.02. The molecule has 1 aromatic heterocycles. The summed E-state index contributed by atoms with van der Waals surface area (Å²) in [6, 6.07) is 10.5. The van der Waals surface area contributed by atoms with Gasteiger partial charge in [-0.3, -0.25) is 0 Å². The Balaban J connectivity index is 2.08. The molecule has 0 saturated heterocycles. The van der Waals surface area contributed by atoms with E-state index in [0.717, 1.165) is 36.3 Å². The molecule has 0 aliphatic heterocycles. The van der Waals surface area contributed by atoms with Crippen LogP contribution in [0, 0.1) is 6.92 Å². The molecule has 1 aromatic carbocycles. The van der Waals surface area contributed by atoms with Gasteiger partial charge in [-0.25, -0.2) is 9.97 Å². The van der Waals surface area contributed by atoms with Gasteiger partial charge in [0.1, 0.15) is 11.0 Å². The fourth-order valence-corrected chi connectivity index (χ4v) is 3.05. The highest BCUT2D eigenvalue weighted by molar-refractivity contribution is 6.30. The zero-order valence-corrected chi connectivity index (χ0v) is 12.0. The van der Waals surface area contributed by atoms with E-state index in [-0.39, 0.29) is 5.41 Å². The van der Waals surface area contributed by atoms with E-state index in [1.54, 1.807) is 0 Å². The number of benzene rings is 1. The van der Waals surface area contributed by atoms with Crippen molar-refractivity contribution in [1.29, 1.82) is 0 Å². The first-order valence-electron chi connectivity index (χ1n) is 6.76. The van der Waals surface area contributed by atoms with E-state index < -0.39 is 0 Å². The highest BCUT2D eigenvalue weighted by atomic mass is 35.5. The summed E-state index contributed by atoms with van der Waals surface area (Å²) in [5.41, 5.74) is 3.38. The van der Waals surface area contributed by atoms with Crippen LogP contribution in [0.5, 0.6) is 0 Å². The molecule has 2 nitrogen and oxygen atoms in total. The highest BCUT2D eigenvalue weighted by Gasteiger charge is 2.48. The fourth-order valence-electron chi connectivity index (χ4n) is 2.70. The highest BCUT2D eigenvalue weighted by Crippen LogP contribution is 2.52. The van der Waals surface area contributed by atoms with Crippen molar-refractivity contribution in [1.82, 2.24) is 9.97 Å². The van der Waals surface area contributed by atoms with E-state index in [1.165, 1.54) is 5.56 Å². The molecule has 19 heavy (non-hydrogen) atoms. The average Bonchev–Trinajstić information content (AvgIpc) is 3.21. The topological polar surface area (TPSA) is 25.8 Å². The maximum atomic E-state index is 6.30. The number of aryl methyl sites for hydroxylation is 1. The smallest absolute Gasteiger partial charge is 0.140 e. The second kappa shape index (κ2) is 4.61. The maximum Gasteiger partial charge on any atom is 0.140 e. The Morgan fingerprint density at radius 1 is 1.16 bits per heavy atom. The third kappa shape index (κ3) is 2.04. The van der Waals surface area contributed by atoms with Crippen LogP contribution in [-0.2, 0) is 11.8 Å². The largest absolute Gasteiger partial charge is 0.237 e. The molecule has 0 spiro atoms. The molecular formula is C16H17ClN2. The summed E-state index contributed by atoms with van der Waals surface area (Å²) in [6.07, 6.45) is 3.10. The van der Waals surface area contributed by atoms with E-state index in [2.05, 4.69) is 36.2 Å². The van der Waals surface area contributed by atoms with E-state index >= 15 is 0 Å². The summed E-state index contributed by atoms with van der Waals surface area (Å²) in [6.45, 7) is 4.11. The Bertz CT molecular complexity index is 580. The molecule has 1 fully saturated rings. The quantitative estimate of drug-likeness (QED) is 0.787. The van der Waals surface area contributed by atoms with Gasteiger partial charge in [0, 0.05) is 11.3 Å². The molecule has 3 rings (SSSR count). The standard InChI is InChI=1S/C16H17ClN2/c1-3-13-11(2)18-15(19-14(13)17)16(9-10-16)12-7-5-4-6-8-12/h4-8H,3,9-10H2,1-2H3. The molecule has 0 amide bonds. The lowest BCUT2D eigenvalue weighted by Gasteiger charge is -2.16. The lowest BCUT2D eigenvalue weighted by Crippen LogP contribution is -2.15. The molecular weight excluding hydrogens is 256 g/mol. The minimum atomic E-state index is 0.00192. The lowest BCUT2D eigenvalue weighted by atomic mass is 9.95. The molecule has 3 heteroatoms. The third-order valence-corrected chi connectivity index (χ3v) is 4.33. The molecule has 1 aliphatic rings. The molecule has 1 saturated carbocycles. The van der Waals surface area contributed by atoms with Gasteiger partial charge in [-0.2, -0.15) is 0 Å². The monoisotopic (exact) mass is 272 g/mol. The van der Waals surface area contributed by atoms with E-state index in [9.17, 15) is 0 Å². The summed E-state index contributed by atoms with van der Waals surface area (Å²) in [7, 11) is 0. The summed E-state index contributed by atoms with van der Waals surface area (Å²) in [4.78, 5) is 9.29. The molecule has 98 valence electrons. The first kappa shape index (κ1) is 12.6. The Labute approximate surface area is 118 Å². The molecule has 1 aliphatic carbocycles. The maximum absolute atomic E-state index is 6.30. The van der Waals surface area contributed by atoms with Crippen LogP contribution in [0.25, 0.3) is 0 Å². The average molecular weight is 273 g/mol. The Morgan fingerprint density at radius 3 is 2.37 bits per heavy atom. The SMILES string of the molecule is CCc1c(C)nc(C2(c3ccccc3)CC2)nc1Cl. The summed E-state index contributed by atoms with van der Waals surface area (Å²) < 4.78 is 0. The van der Waals surface area contributed by atoms with Crippen LogP contribution in [0.15, 0.2) is 30.3 Å².